The number of aromatic nitrogens is 2. The number of carbonyl (C=O) groups excluding carboxylic acids is 2. The Kier molecular flexibility index (Phi) is 8.06. The predicted molar refractivity (Wildman–Crippen MR) is 107 cm³/mol. The zero-order chi connectivity index (χ0) is 20.6. The van der Waals surface area contributed by atoms with Crippen LogP contribution in [-0.2, 0) is 38.4 Å². The van der Waals surface area contributed by atoms with Gasteiger partial charge in [-0.3, -0.25) is 14.3 Å². The molecule has 0 aliphatic carbocycles. The third-order valence-corrected chi connectivity index (χ3v) is 5.40. The van der Waals surface area contributed by atoms with Gasteiger partial charge in [0.1, 0.15) is 0 Å². The van der Waals surface area contributed by atoms with Crippen LogP contribution in [0.3, 0.4) is 0 Å². The first-order valence-electron chi connectivity index (χ1n) is 10.8. The molecule has 0 spiro atoms. The Morgan fingerprint density at radius 3 is 2.90 bits per heavy atom. The second kappa shape index (κ2) is 10.7. The number of fused-ring (bicyclic) bond motifs is 1. The van der Waals surface area contributed by atoms with E-state index in [1.54, 1.807) is 0 Å². The number of ether oxygens (including phenoxy) is 3. The Balaban J connectivity index is 1.69. The number of carbonyl (C=O) groups is 2. The molecule has 162 valence electrons. The highest BCUT2D eigenvalue weighted by Gasteiger charge is 2.26. The Morgan fingerprint density at radius 2 is 2.14 bits per heavy atom. The maximum atomic E-state index is 12.8. The molecule has 2 aliphatic heterocycles. The highest BCUT2D eigenvalue weighted by Crippen LogP contribution is 2.20. The number of rotatable bonds is 6. The van der Waals surface area contributed by atoms with Gasteiger partial charge in [-0.1, -0.05) is 13.8 Å². The fraction of sp³-hybridized carbons (Fsp3) is 0.762. The van der Waals surface area contributed by atoms with Crippen molar-refractivity contribution in [3.8, 4) is 0 Å². The lowest BCUT2D eigenvalue weighted by molar-refractivity contribution is -0.149. The molecule has 1 aromatic heterocycles. The van der Waals surface area contributed by atoms with Crippen molar-refractivity contribution < 1.29 is 23.8 Å². The summed E-state index contributed by atoms with van der Waals surface area (Å²) < 4.78 is 18.3. The monoisotopic (exact) mass is 407 g/mol. The maximum absolute atomic E-state index is 12.8. The van der Waals surface area contributed by atoms with E-state index >= 15 is 0 Å². The van der Waals surface area contributed by atoms with Gasteiger partial charge in [-0.25, -0.2) is 0 Å². The van der Waals surface area contributed by atoms with Gasteiger partial charge < -0.3 is 19.5 Å². The van der Waals surface area contributed by atoms with Crippen LogP contribution in [0.5, 0.6) is 0 Å². The fourth-order valence-corrected chi connectivity index (χ4v) is 3.79. The summed E-state index contributed by atoms with van der Waals surface area (Å²) in [5.74, 6) is -0.281. The van der Waals surface area contributed by atoms with E-state index in [-0.39, 0.29) is 23.7 Å². The third kappa shape index (κ3) is 5.79. The van der Waals surface area contributed by atoms with Crippen molar-refractivity contribution >= 4 is 11.9 Å². The molecule has 3 rings (SSSR count). The van der Waals surface area contributed by atoms with Crippen LogP contribution >= 0.6 is 0 Å². The van der Waals surface area contributed by atoms with Crippen LogP contribution < -0.4 is 5.32 Å². The SMILES string of the molecule is CCc1nn(C[C@@H](C)COC(=O)C2CCOC2)c2c1C(=O)NCCCOCCC2. The number of amides is 1. The van der Waals surface area contributed by atoms with Gasteiger partial charge in [-0.05, 0) is 32.1 Å². The molecule has 1 saturated heterocycles. The molecule has 0 radical (unpaired) electrons. The van der Waals surface area contributed by atoms with Crippen molar-refractivity contribution in [3.63, 3.8) is 0 Å². The third-order valence-electron chi connectivity index (χ3n) is 5.40. The van der Waals surface area contributed by atoms with E-state index in [0.717, 1.165) is 37.1 Å². The molecule has 2 atom stereocenters. The Labute approximate surface area is 172 Å². The van der Waals surface area contributed by atoms with Crippen molar-refractivity contribution in [2.45, 2.75) is 52.5 Å². The van der Waals surface area contributed by atoms with E-state index in [4.69, 9.17) is 19.3 Å². The van der Waals surface area contributed by atoms with Crippen molar-refractivity contribution in [2.75, 3.05) is 39.6 Å². The lowest BCUT2D eigenvalue weighted by atomic mass is 10.1. The number of nitrogens with one attached hydrogen (secondary N) is 1. The van der Waals surface area contributed by atoms with E-state index in [1.807, 2.05) is 18.5 Å². The average molecular weight is 408 g/mol. The lowest BCUT2D eigenvalue weighted by Gasteiger charge is -2.16. The highest BCUT2D eigenvalue weighted by molar-refractivity contribution is 5.96. The van der Waals surface area contributed by atoms with Gasteiger partial charge in [0.05, 0.1) is 36.1 Å². The highest BCUT2D eigenvalue weighted by atomic mass is 16.5. The van der Waals surface area contributed by atoms with Crippen molar-refractivity contribution in [1.82, 2.24) is 15.1 Å². The zero-order valence-electron chi connectivity index (χ0n) is 17.6. The minimum atomic E-state index is -0.181. The standard InChI is InChI=1S/C21H33N3O5/c1-3-17-19-18(6-4-9-27-10-5-8-22-20(19)25)24(23-17)12-15(2)13-29-21(26)16-7-11-28-14-16/h15-16H,3-14H2,1-2H3,(H,22,25)/t15-,16?/m1/s1. The molecule has 29 heavy (non-hydrogen) atoms. The molecule has 1 N–H and O–H groups in total. The number of hydrogen-bond acceptors (Lipinski definition) is 6. The summed E-state index contributed by atoms with van der Waals surface area (Å²) in [7, 11) is 0. The van der Waals surface area contributed by atoms with Crippen LogP contribution in [0.4, 0.5) is 0 Å². The molecule has 0 saturated carbocycles. The molecular weight excluding hydrogens is 374 g/mol. The molecule has 1 fully saturated rings. The number of hydrogen-bond donors (Lipinski definition) is 1. The minimum Gasteiger partial charge on any atom is -0.465 e. The van der Waals surface area contributed by atoms with E-state index in [0.29, 0.717) is 58.1 Å². The molecule has 2 aliphatic rings. The van der Waals surface area contributed by atoms with E-state index < -0.39 is 0 Å². The summed E-state index contributed by atoms with van der Waals surface area (Å²) in [6.45, 7) is 8.01. The van der Waals surface area contributed by atoms with Crippen LogP contribution in [0, 0.1) is 11.8 Å². The normalized spacial score (nSPS) is 21.7. The quantitative estimate of drug-likeness (QED) is 0.723. The maximum Gasteiger partial charge on any atom is 0.311 e. The van der Waals surface area contributed by atoms with Crippen molar-refractivity contribution in [1.29, 1.82) is 0 Å². The summed E-state index contributed by atoms with van der Waals surface area (Å²) in [5.41, 5.74) is 2.49. The van der Waals surface area contributed by atoms with E-state index in [9.17, 15) is 9.59 Å². The average Bonchev–Trinajstić information content (AvgIpc) is 3.35. The molecule has 8 heteroatoms. The molecule has 1 amide bonds. The Bertz CT molecular complexity index is 697. The Hall–Kier alpha value is -1.93. The van der Waals surface area contributed by atoms with Crippen molar-refractivity contribution in [2.24, 2.45) is 11.8 Å². The summed E-state index contributed by atoms with van der Waals surface area (Å²) in [4.78, 5) is 24.9. The topological polar surface area (TPSA) is 91.7 Å². The van der Waals surface area contributed by atoms with Gasteiger partial charge in [0.2, 0.25) is 0 Å². The summed E-state index contributed by atoms with van der Waals surface area (Å²) in [6, 6.07) is 0. The minimum absolute atomic E-state index is 0.0506. The van der Waals surface area contributed by atoms with Crippen LogP contribution in [0.15, 0.2) is 0 Å². The van der Waals surface area contributed by atoms with Crippen LogP contribution in [-0.4, -0.2) is 61.2 Å². The first-order chi connectivity index (χ1) is 14.1. The van der Waals surface area contributed by atoms with E-state index in [2.05, 4.69) is 5.32 Å². The molecule has 3 heterocycles. The van der Waals surface area contributed by atoms with E-state index in [1.165, 1.54) is 0 Å². The lowest BCUT2D eigenvalue weighted by Crippen LogP contribution is -2.27. The Morgan fingerprint density at radius 1 is 1.31 bits per heavy atom. The number of aryl methyl sites for hydroxylation is 1. The van der Waals surface area contributed by atoms with Gasteiger partial charge in [0, 0.05) is 38.8 Å². The zero-order valence-corrected chi connectivity index (χ0v) is 17.6. The van der Waals surface area contributed by atoms with Crippen LogP contribution in [0.25, 0.3) is 0 Å². The molecule has 1 aromatic rings. The van der Waals surface area contributed by atoms with Crippen LogP contribution in [0.1, 0.15) is 54.9 Å². The van der Waals surface area contributed by atoms with Crippen molar-refractivity contribution in [3.05, 3.63) is 17.0 Å². The second-order valence-electron chi connectivity index (χ2n) is 7.93. The first-order valence-corrected chi connectivity index (χ1v) is 10.8. The molecule has 0 aromatic carbocycles. The first kappa shape index (κ1) is 21.8. The summed E-state index contributed by atoms with van der Waals surface area (Å²) in [5, 5.41) is 7.72. The largest absolute Gasteiger partial charge is 0.465 e. The smallest absolute Gasteiger partial charge is 0.311 e. The summed E-state index contributed by atoms with van der Waals surface area (Å²) in [6.07, 6.45) is 3.83. The number of esters is 1. The van der Waals surface area contributed by atoms with Gasteiger partial charge in [0.25, 0.3) is 5.91 Å². The van der Waals surface area contributed by atoms with Gasteiger partial charge >= 0.3 is 5.97 Å². The number of nitrogens with zero attached hydrogens (tertiary/aromatic N) is 2. The summed E-state index contributed by atoms with van der Waals surface area (Å²) >= 11 is 0. The molecular formula is C21H33N3O5. The van der Waals surface area contributed by atoms with Gasteiger partial charge in [0.15, 0.2) is 0 Å². The van der Waals surface area contributed by atoms with Gasteiger partial charge in [-0.2, -0.15) is 5.10 Å². The predicted octanol–water partition coefficient (Wildman–Crippen LogP) is 1.74. The fourth-order valence-electron chi connectivity index (χ4n) is 3.79. The molecule has 1 unspecified atom stereocenters. The van der Waals surface area contributed by atoms with Crippen LogP contribution in [0.2, 0.25) is 0 Å². The second-order valence-corrected chi connectivity index (χ2v) is 7.93. The molecule has 8 nitrogen and oxygen atoms in total. The molecule has 0 bridgehead atoms. The van der Waals surface area contributed by atoms with Gasteiger partial charge in [-0.15, -0.1) is 0 Å².